The van der Waals surface area contributed by atoms with Gasteiger partial charge in [0.05, 0.1) is 12.7 Å². The lowest BCUT2D eigenvalue weighted by atomic mass is 10.1. The number of nitrogens with zero attached hydrogens (tertiary/aromatic N) is 2. The van der Waals surface area contributed by atoms with Gasteiger partial charge in [-0.1, -0.05) is 0 Å². The van der Waals surface area contributed by atoms with E-state index in [9.17, 15) is 4.79 Å². The summed E-state index contributed by atoms with van der Waals surface area (Å²) in [4.78, 5) is 15.3. The number of hydrogen-bond donors (Lipinski definition) is 1. The highest BCUT2D eigenvalue weighted by Gasteiger charge is 2.32. The van der Waals surface area contributed by atoms with E-state index in [1.54, 1.807) is 7.11 Å². The van der Waals surface area contributed by atoms with E-state index in [1.807, 2.05) is 42.2 Å². The first-order valence-electron chi connectivity index (χ1n) is 9.45. The molecule has 26 heavy (non-hydrogen) atoms. The van der Waals surface area contributed by atoms with Crippen molar-refractivity contribution in [2.24, 2.45) is 0 Å². The van der Waals surface area contributed by atoms with Crippen molar-refractivity contribution in [1.29, 1.82) is 0 Å². The van der Waals surface area contributed by atoms with Crippen LogP contribution in [0.25, 0.3) is 5.69 Å². The van der Waals surface area contributed by atoms with Gasteiger partial charge in [0.1, 0.15) is 5.75 Å². The maximum atomic E-state index is 13.2. The third kappa shape index (κ3) is 3.01. The molecule has 1 amide bonds. The zero-order valence-corrected chi connectivity index (χ0v) is 15.8. The fourth-order valence-corrected chi connectivity index (χ4v) is 4.41. The number of fused-ring (bicyclic) bond motifs is 2. The Morgan fingerprint density at radius 1 is 1.12 bits per heavy atom. The van der Waals surface area contributed by atoms with Gasteiger partial charge in [0.25, 0.3) is 5.91 Å². The molecule has 2 aliphatic heterocycles. The predicted octanol–water partition coefficient (Wildman–Crippen LogP) is 3.07. The molecule has 5 heteroatoms. The van der Waals surface area contributed by atoms with E-state index in [0.29, 0.717) is 12.1 Å². The third-order valence-electron chi connectivity index (χ3n) is 5.80. The average Bonchev–Trinajstić information content (AvgIpc) is 3.13. The summed E-state index contributed by atoms with van der Waals surface area (Å²) in [5.74, 6) is 0.992. The predicted molar refractivity (Wildman–Crippen MR) is 102 cm³/mol. The molecule has 1 aromatic carbocycles. The summed E-state index contributed by atoms with van der Waals surface area (Å²) in [6.07, 6.45) is 3.48. The number of aromatic nitrogens is 1. The maximum Gasteiger partial charge on any atom is 0.255 e. The van der Waals surface area contributed by atoms with Crippen LogP contribution < -0.4 is 10.1 Å². The van der Waals surface area contributed by atoms with E-state index < -0.39 is 0 Å². The summed E-state index contributed by atoms with van der Waals surface area (Å²) in [6, 6.07) is 11.0. The summed E-state index contributed by atoms with van der Waals surface area (Å²) in [5, 5.41) is 3.65. The first-order valence-corrected chi connectivity index (χ1v) is 9.45. The number of carbonyl (C=O) groups is 1. The molecule has 0 aliphatic carbocycles. The van der Waals surface area contributed by atoms with Gasteiger partial charge in [-0.2, -0.15) is 0 Å². The highest BCUT2D eigenvalue weighted by Crippen LogP contribution is 2.26. The van der Waals surface area contributed by atoms with Crippen LogP contribution in [0.2, 0.25) is 0 Å². The monoisotopic (exact) mass is 353 g/mol. The van der Waals surface area contributed by atoms with Crippen LogP contribution >= 0.6 is 0 Å². The SMILES string of the molecule is COc1ccc(-n2c(C)cc(C(=O)N3CCC4CCC(C3)N4)c2C)cc1. The van der Waals surface area contributed by atoms with E-state index in [1.165, 1.54) is 12.8 Å². The molecule has 4 rings (SSSR count). The molecule has 2 atom stereocenters. The first-order chi connectivity index (χ1) is 12.6. The fraction of sp³-hybridized carbons (Fsp3) is 0.476. The fourth-order valence-electron chi connectivity index (χ4n) is 4.41. The van der Waals surface area contributed by atoms with Crippen molar-refractivity contribution in [2.45, 2.75) is 45.2 Å². The minimum absolute atomic E-state index is 0.159. The minimum Gasteiger partial charge on any atom is -0.497 e. The number of nitrogens with one attached hydrogen (secondary N) is 1. The van der Waals surface area contributed by atoms with E-state index in [2.05, 4.69) is 16.8 Å². The summed E-state index contributed by atoms with van der Waals surface area (Å²) in [7, 11) is 1.67. The summed E-state index contributed by atoms with van der Waals surface area (Å²) in [6.45, 7) is 5.76. The minimum atomic E-state index is 0.159. The van der Waals surface area contributed by atoms with Gasteiger partial charge in [-0.05, 0) is 63.4 Å². The van der Waals surface area contributed by atoms with Gasteiger partial charge in [-0.25, -0.2) is 0 Å². The molecular formula is C21H27N3O2. The smallest absolute Gasteiger partial charge is 0.255 e. The Kier molecular flexibility index (Phi) is 4.49. The number of rotatable bonds is 3. The summed E-state index contributed by atoms with van der Waals surface area (Å²) < 4.78 is 7.40. The highest BCUT2D eigenvalue weighted by atomic mass is 16.5. The Bertz CT molecular complexity index is 809. The van der Waals surface area contributed by atoms with Gasteiger partial charge in [0, 0.05) is 42.2 Å². The first kappa shape index (κ1) is 17.2. The second-order valence-corrected chi connectivity index (χ2v) is 7.50. The molecule has 2 aliphatic rings. The average molecular weight is 353 g/mol. The standard InChI is InChI=1S/C21H27N3O2/c1-14-12-20(15(2)24(14)18-6-8-19(26-3)9-7-18)21(25)23-11-10-16-4-5-17(13-23)22-16/h6-9,12,16-17,22H,4-5,10-11,13H2,1-3H3. The van der Waals surface area contributed by atoms with Gasteiger partial charge in [0.15, 0.2) is 0 Å². The Hall–Kier alpha value is -2.27. The number of ether oxygens (including phenoxy) is 1. The normalized spacial score (nSPS) is 22.3. The number of methoxy groups -OCH3 is 1. The Morgan fingerprint density at radius 2 is 1.85 bits per heavy atom. The molecule has 2 bridgehead atoms. The second-order valence-electron chi connectivity index (χ2n) is 7.50. The maximum absolute atomic E-state index is 13.2. The molecule has 2 saturated heterocycles. The van der Waals surface area contributed by atoms with Crippen LogP contribution in [0, 0.1) is 13.8 Å². The van der Waals surface area contributed by atoms with Crippen molar-refractivity contribution in [3.63, 3.8) is 0 Å². The number of benzene rings is 1. The lowest BCUT2D eigenvalue weighted by molar-refractivity contribution is 0.0747. The topological polar surface area (TPSA) is 46.5 Å². The second kappa shape index (κ2) is 6.80. The number of amides is 1. The van der Waals surface area contributed by atoms with Crippen LogP contribution in [0.5, 0.6) is 5.75 Å². The number of carbonyl (C=O) groups excluding carboxylic acids is 1. The van der Waals surface area contributed by atoms with Crippen molar-refractivity contribution < 1.29 is 9.53 Å². The lowest BCUT2D eigenvalue weighted by Gasteiger charge is -2.24. The zero-order valence-electron chi connectivity index (χ0n) is 15.8. The molecular weight excluding hydrogens is 326 g/mol. The van der Waals surface area contributed by atoms with Crippen LogP contribution in [0.3, 0.4) is 0 Å². The van der Waals surface area contributed by atoms with Crippen LogP contribution in [0.1, 0.15) is 41.0 Å². The number of likely N-dealkylation sites (tertiary alicyclic amines) is 1. The van der Waals surface area contributed by atoms with Crippen LogP contribution in [0.4, 0.5) is 0 Å². The Morgan fingerprint density at radius 3 is 2.58 bits per heavy atom. The molecule has 2 aromatic rings. The molecule has 0 spiro atoms. The van der Waals surface area contributed by atoms with E-state index >= 15 is 0 Å². The molecule has 5 nitrogen and oxygen atoms in total. The van der Waals surface area contributed by atoms with E-state index in [-0.39, 0.29) is 5.91 Å². The van der Waals surface area contributed by atoms with Crippen LogP contribution in [-0.2, 0) is 0 Å². The summed E-state index contributed by atoms with van der Waals surface area (Å²) >= 11 is 0. The molecule has 2 unspecified atom stereocenters. The van der Waals surface area contributed by atoms with Crippen LogP contribution in [-0.4, -0.2) is 47.7 Å². The molecule has 0 radical (unpaired) electrons. The molecule has 2 fully saturated rings. The van der Waals surface area contributed by atoms with Crippen molar-refractivity contribution in [3.8, 4) is 11.4 Å². The van der Waals surface area contributed by atoms with Crippen LogP contribution in [0.15, 0.2) is 30.3 Å². The van der Waals surface area contributed by atoms with Gasteiger partial charge in [-0.3, -0.25) is 4.79 Å². The van der Waals surface area contributed by atoms with Crippen molar-refractivity contribution in [2.75, 3.05) is 20.2 Å². The molecule has 3 heterocycles. The summed E-state index contributed by atoms with van der Waals surface area (Å²) in [5.41, 5.74) is 3.94. The van der Waals surface area contributed by atoms with Crippen molar-refractivity contribution in [1.82, 2.24) is 14.8 Å². The number of hydrogen-bond acceptors (Lipinski definition) is 3. The Labute approximate surface area is 154 Å². The van der Waals surface area contributed by atoms with E-state index in [0.717, 1.165) is 47.9 Å². The molecule has 1 N–H and O–H groups in total. The third-order valence-corrected chi connectivity index (χ3v) is 5.80. The largest absolute Gasteiger partial charge is 0.497 e. The van der Waals surface area contributed by atoms with Crippen molar-refractivity contribution >= 4 is 5.91 Å². The Balaban J connectivity index is 1.61. The highest BCUT2D eigenvalue weighted by molar-refractivity contribution is 5.96. The van der Waals surface area contributed by atoms with Gasteiger partial charge < -0.3 is 19.5 Å². The number of aryl methyl sites for hydroxylation is 1. The quantitative estimate of drug-likeness (QED) is 0.922. The van der Waals surface area contributed by atoms with E-state index in [4.69, 9.17) is 4.74 Å². The molecule has 138 valence electrons. The van der Waals surface area contributed by atoms with Crippen molar-refractivity contribution in [3.05, 3.63) is 47.3 Å². The lowest BCUT2D eigenvalue weighted by Crippen LogP contribution is -2.39. The van der Waals surface area contributed by atoms with Gasteiger partial charge in [0.2, 0.25) is 0 Å². The zero-order chi connectivity index (χ0) is 18.3. The van der Waals surface area contributed by atoms with Gasteiger partial charge in [-0.15, -0.1) is 0 Å². The van der Waals surface area contributed by atoms with Gasteiger partial charge >= 0.3 is 0 Å². The molecule has 0 saturated carbocycles. The molecule has 1 aromatic heterocycles.